The largest absolute Gasteiger partial charge is 0.316 e. The minimum atomic E-state index is 0.566. The van der Waals surface area contributed by atoms with Crippen molar-refractivity contribution in [3.8, 4) is 0 Å². The van der Waals surface area contributed by atoms with Crippen LogP contribution in [0.25, 0.3) is 0 Å². The number of halogens is 1. The lowest BCUT2D eigenvalue weighted by Gasteiger charge is -2.45. The Morgan fingerprint density at radius 2 is 2.05 bits per heavy atom. The molecule has 2 saturated heterocycles. The molecule has 1 aromatic carbocycles. The van der Waals surface area contributed by atoms with Gasteiger partial charge in [-0.15, -0.1) is 0 Å². The zero-order valence-electron chi connectivity index (χ0n) is 11.5. The fraction of sp³-hybridized carbons (Fsp3) is 0.625. The topological polar surface area (TPSA) is 15.3 Å². The minimum Gasteiger partial charge on any atom is -0.316 e. The Labute approximate surface area is 130 Å². The summed E-state index contributed by atoms with van der Waals surface area (Å²) in [5.41, 5.74) is 2.06. The van der Waals surface area contributed by atoms with Gasteiger partial charge >= 0.3 is 0 Å². The quantitative estimate of drug-likeness (QED) is 0.804. The molecule has 104 valence electrons. The summed E-state index contributed by atoms with van der Waals surface area (Å²) in [6.45, 7) is 6.13. The van der Waals surface area contributed by atoms with E-state index in [4.69, 9.17) is 0 Å². The van der Waals surface area contributed by atoms with Crippen LogP contribution in [0.3, 0.4) is 0 Å². The summed E-state index contributed by atoms with van der Waals surface area (Å²) < 4.78 is 1.40. The molecule has 2 aliphatic rings. The molecule has 1 N–H and O–H groups in total. The van der Waals surface area contributed by atoms with Gasteiger partial charge in [0.1, 0.15) is 0 Å². The van der Waals surface area contributed by atoms with E-state index in [-0.39, 0.29) is 0 Å². The molecule has 1 unspecified atom stereocenters. The van der Waals surface area contributed by atoms with E-state index < -0.39 is 0 Å². The standard InChI is InChI=1S/C16H23IN2/c17-15-6-2-1-5-14(15)11-19-10-4-8-16(13-19)7-3-9-18-12-16/h1-2,5-6,18H,3-4,7-13H2. The van der Waals surface area contributed by atoms with Crippen molar-refractivity contribution in [2.24, 2.45) is 5.41 Å². The van der Waals surface area contributed by atoms with Gasteiger partial charge in [0.05, 0.1) is 0 Å². The molecule has 0 amide bonds. The third-order valence-electron chi connectivity index (χ3n) is 4.65. The minimum absolute atomic E-state index is 0.566. The van der Waals surface area contributed by atoms with E-state index in [2.05, 4.69) is 57.1 Å². The fourth-order valence-electron chi connectivity index (χ4n) is 3.69. The zero-order chi connectivity index (χ0) is 13.1. The summed E-state index contributed by atoms with van der Waals surface area (Å²) >= 11 is 2.46. The molecule has 0 radical (unpaired) electrons. The van der Waals surface area contributed by atoms with E-state index >= 15 is 0 Å². The Kier molecular flexibility index (Phi) is 4.44. The second-order valence-electron chi connectivity index (χ2n) is 6.19. The van der Waals surface area contributed by atoms with Gasteiger partial charge in [0.2, 0.25) is 0 Å². The smallest absolute Gasteiger partial charge is 0.0244 e. The van der Waals surface area contributed by atoms with Crippen LogP contribution in [-0.2, 0) is 6.54 Å². The van der Waals surface area contributed by atoms with E-state index in [1.165, 1.54) is 61.0 Å². The van der Waals surface area contributed by atoms with Gasteiger partial charge in [0.15, 0.2) is 0 Å². The molecule has 1 spiro atoms. The van der Waals surface area contributed by atoms with Gasteiger partial charge in [0, 0.05) is 23.2 Å². The van der Waals surface area contributed by atoms with Crippen molar-refractivity contribution < 1.29 is 0 Å². The molecular weight excluding hydrogens is 347 g/mol. The number of nitrogens with zero attached hydrogens (tertiary/aromatic N) is 1. The summed E-state index contributed by atoms with van der Waals surface area (Å²) in [6, 6.07) is 8.80. The Bertz CT molecular complexity index is 421. The molecule has 1 aromatic rings. The third-order valence-corrected chi connectivity index (χ3v) is 5.71. The maximum absolute atomic E-state index is 3.61. The number of nitrogens with one attached hydrogen (secondary N) is 1. The third kappa shape index (κ3) is 3.31. The van der Waals surface area contributed by atoms with Crippen LogP contribution in [0.15, 0.2) is 24.3 Å². The van der Waals surface area contributed by atoms with Gasteiger partial charge in [-0.1, -0.05) is 18.2 Å². The highest BCUT2D eigenvalue weighted by atomic mass is 127. The molecule has 3 heteroatoms. The fourth-order valence-corrected chi connectivity index (χ4v) is 4.25. The number of benzene rings is 1. The van der Waals surface area contributed by atoms with Crippen LogP contribution < -0.4 is 5.32 Å². The zero-order valence-corrected chi connectivity index (χ0v) is 13.7. The van der Waals surface area contributed by atoms with Crippen LogP contribution in [0, 0.1) is 8.99 Å². The summed E-state index contributed by atoms with van der Waals surface area (Å²) in [5.74, 6) is 0. The molecule has 2 nitrogen and oxygen atoms in total. The molecule has 19 heavy (non-hydrogen) atoms. The van der Waals surface area contributed by atoms with Gasteiger partial charge in [0.25, 0.3) is 0 Å². The molecule has 0 bridgehead atoms. The Morgan fingerprint density at radius 1 is 1.21 bits per heavy atom. The first-order valence-corrected chi connectivity index (χ1v) is 8.52. The molecule has 3 rings (SSSR count). The van der Waals surface area contributed by atoms with Crippen molar-refractivity contribution in [2.75, 3.05) is 26.2 Å². The summed E-state index contributed by atoms with van der Waals surface area (Å²) in [4.78, 5) is 2.67. The number of rotatable bonds is 2. The van der Waals surface area contributed by atoms with E-state index in [0.29, 0.717) is 5.41 Å². The SMILES string of the molecule is Ic1ccccc1CN1CCCC2(CCCNC2)C1. The predicted octanol–water partition coefficient (Wildman–Crippen LogP) is 3.26. The van der Waals surface area contributed by atoms with Gasteiger partial charge in [-0.2, -0.15) is 0 Å². The van der Waals surface area contributed by atoms with Crippen LogP contribution in [0.1, 0.15) is 31.2 Å². The van der Waals surface area contributed by atoms with E-state index in [0.717, 1.165) is 6.54 Å². The van der Waals surface area contributed by atoms with Crippen molar-refractivity contribution in [1.29, 1.82) is 0 Å². The lowest BCUT2D eigenvalue weighted by molar-refractivity contribution is 0.0599. The van der Waals surface area contributed by atoms with Crippen LogP contribution in [0.2, 0.25) is 0 Å². The Morgan fingerprint density at radius 3 is 2.84 bits per heavy atom. The number of hydrogen-bond donors (Lipinski definition) is 1. The van der Waals surface area contributed by atoms with Crippen molar-refractivity contribution in [1.82, 2.24) is 10.2 Å². The summed E-state index contributed by atoms with van der Waals surface area (Å²) in [7, 11) is 0. The Balaban J connectivity index is 1.67. The molecular formula is C16H23IN2. The van der Waals surface area contributed by atoms with Gasteiger partial charge in [-0.05, 0) is 78.4 Å². The second kappa shape index (κ2) is 6.10. The van der Waals surface area contributed by atoms with Crippen LogP contribution in [0.4, 0.5) is 0 Å². The Hall–Kier alpha value is -0.130. The predicted molar refractivity (Wildman–Crippen MR) is 88.2 cm³/mol. The van der Waals surface area contributed by atoms with E-state index in [1.54, 1.807) is 0 Å². The first-order valence-electron chi connectivity index (χ1n) is 7.44. The van der Waals surface area contributed by atoms with Crippen molar-refractivity contribution >= 4 is 22.6 Å². The van der Waals surface area contributed by atoms with Crippen LogP contribution in [0.5, 0.6) is 0 Å². The molecule has 2 heterocycles. The van der Waals surface area contributed by atoms with Crippen molar-refractivity contribution in [3.05, 3.63) is 33.4 Å². The number of likely N-dealkylation sites (tertiary alicyclic amines) is 1. The number of hydrogen-bond acceptors (Lipinski definition) is 2. The molecule has 2 aliphatic heterocycles. The monoisotopic (exact) mass is 370 g/mol. The second-order valence-corrected chi connectivity index (χ2v) is 7.35. The average Bonchev–Trinajstić information content (AvgIpc) is 2.42. The highest BCUT2D eigenvalue weighted by Crippen LogP contribution is 2.36. The highest BCUT2D eigenvalue weighted by Gasteiger charge is 2.36. The summed E-state index contributed by atoms with van der Waals surface area (Å²) in [5, 5.41) is 3.61. The van der Waals surface area contributed by atoms with Crippen molar-refractivity contribution in [2.45, 2.75) is 32.2 Å². The lowest BCUT2D eigenvalue weighted by atomic mass is 9.74. The first-order chi connectivity index (χ1) is 9.27. The van der Waals surface area contributed by atoms with Gasteiger partial charge in [-0.3, -0.25) is 4.90 Å². The maximum Gasteiger partial charge on any atom is 0.0244 e. The molecule has 0 aliphatic carbocycles. The lowest BCUT2D eigenvalue weighted by Crippen LogP contribution is -2.50. The summed E-state index contributed by atoms with van der Waals surface area (Å²) in [6.07, 6.45) is 5.56. The highest BCUT2D eigenvalue weighted by molar-refractivity contribution is 14.1. The van der Waals surface area contributed by atoms with E-state index in [1.807, 2.05) is 0 Å². The van der Waals surface area contributed by atoms with Gasteiger partial charge < -0.3 is 5.32 Å². The maximum atomic E-state index is 3.61. The van der Waals surface area contributed by atoms with Gasteiger partial charge in [-0.25, -0.2) is 0 Å². The van der Waals surface area contributed by atoms with Crippen LogP contribution >= 0.6 is 22.6 Å². The number of piperidine rings is 2. The first kappa shape index (κ1) is 13.8. The van der Waals surface area contributed by atoms with E-state index in [9.17, 15) is 0 Å². The molecule has 1 atom stereocenters. The average molecular weight is 370 g/mol. The normalized spacial score (nSPS) is 28.7. The van der Waals surface area contributed by atoms with Crippen LogP contribution in [-0.4, -0.2) is 31.1 Å². The molecule has 0 saturated carbocycles. The molecule has 2 fully saturated rings. The van der Waals surface area contributed by atoms with Crippen molar-refractivity contribution in [3.63, 3.8) is 0 Å². The molecule has 0 aromatic heterocycles.